The molecule has 0 saturated carbocycles. The van der Waals surface area contributed by atoms with Crippen molar-refractivity contribution in [3.05, 3.63) is 34.9 Å². The molecular weight excluding hydrogens is 289 g/mol. The van der Waals surface area contributed by atoms with Gasteiger partial charge in [0.1, 0.15) is 0 Å². The first-order valence-corrected chi connectivity index (χ1v) is 6.26. The van der Waals surface area contributed by atoms with Crippen LogP contribution in [0.1, 0.15) is 26.3 Å². The lowest BCUT2D eigenvalue weighted by atomic mass is 9.92. The van der Waals surface area contributed by atoms with Gasteiger partial charge in [0.05, 0.1) is 18.2 Å². The Kier molecular flexibility index (Phi) is 4.88. The van der Waals surface area contributed by atoms with Crippen LogP contribution in [0.5, 0.6) is 0 Å². The van der Waals surface area contributed by atoms with Crippen LogP contribution in [0.25, 0.3) is 0 Å². The number of nitrogens with zero attached hydrogens (tertiary/aromatic N) is 1. The van der Waals surface area contributed by atoms with E-state index in [1.807, 2.05) is 13.8 Å². The topological polar surface area (TPSA) is 52.9 Å². The minimum atomic E-state index is -1.56. The van der Waals surface area contributed by atoms with E-state index in [2.05, 4.69) is 0 Å². The molecule has 1 aromatic carbocycles. The van der Waals surface area contributed by atoms with Crippen LogP contribution in [-0.4, -0.2) is 33.6 Å². The van der Waals surface area contributed by atoms with Crippen molar-refractivity contribution < 1.29 is 15.1 Å². The van der Waals surface area contributed by atoms with Gasteiger partial charge >= 0.3 is 0 Å². The van der Waals surface area contributed by atoms with E-state index >= 15 is 0 Å². The fourth-order valence-electron chi connectivity index (χ4n) is 2.20. The van der Waals surface area contributed by atoms with Crippen molar-refractivity contribution in [2.24, 2.45) is 0 Å². The Balaban J connectivity index is 0.00000180. The van der Waals surface area contributed by atoms with Crippen LogP contribution in [0.2, 0.25) is 5.02 Å². The number of aliphatic hydroxyl groups is 1. The number of morpholine rings is 1. The summed E-state index contributed by atoms with van der Waals surface area (Å²) in [5.41, 5.74) is 0.00146. The molecule has 6 heteroatoms. The number of ether oxygens (including phenoxy) is 1. The zero-order valence-corrected chi connectivity index (χ0v) is 12.7. The molecule has 1 aromatic rings. The molecular formula is C13H19Cl2NO3. The Morgan fingerprint density at radius 2 is 2.05 bits per heavy atom. The molecule has 1 aliphatic heterocycles. The second-order valence-corrected chi connectivity index (χ2v) is 5.76. The molecule has 0 aromatic heterocycles. The van der Waals surface area contributed by atoms with Crippen LogP contribution in [-0.2, 0) is 10.5 Å². The van der Waals surface area contributed by atoms with Crippen LogP contribution in [0.15, 0.2) is 24.3 Å². The summed E-state index contributed by atoms with van der Waals surface area (Å²) in [4.78, 5) is 0. The molecule has 2 atom stereocenters. The highest BCUT2D eigenvalue weighted by Gasteiger charge is 2.50. The number of benzene rings is 1. The highest BCUT2D eigenvalue weighted by molar-refractivity contribution is 6.30. The van der Waals surface area contributed by atoms with E-state index in [0.717, 1.165) is 5.06 Å². The van der Waals surface area contributed by atoms with Crippen LogP contribution in [0.4, 0.5) is 0 Å². The van der Waals surface area contributed by atoms with Gasteiger partial charge in [-0.25, -0.2) is 0 Å². The molecule has 2 N–H and O–H groups in total. The minimum absolute atomic E-state index is 0. The van der Waals surface area contributed by atoms with Gasteiger partial charge in [-0.3, -0.25) is 0 Å². The Labute approximate surface area is 124 Å². The van der Waals surface area contributed by atoms with Crippen LogP contribution in [0, 0.1) is 0 Å². The van der Waals surface area contributed by atoms with Gasteiger partial charge in [0.25, 0.3) is 0 Å². The summed E-state index contributed by atoms with van der Waals surface area (Å²) >= 11 is 5.92. The van der Waals surface area contributed by atoms with E-state index in [4.69, 9.17) is 16.3 Å². The zero-order valence-electron chi connectivity index (χ0n) is 11.1. The maximum absolute atomic E-state index is 10.7. The van der Waals surface area contributed by atoms with Crippen molar-refractivity contribution >= 4 is 24.0 Å². The normalized spacial score (nSPS) is 30.7. The van der Waals surface area contributed by atoms with E-state index in [0.29, 0.717) is 10.6 Å². The lowest BCUT2D eigenvalue weighted by Crippen LogP contribution is -2.63. The van der Waals surface area contributed by atoms with Gasteiger partial charge in [-0.1, -0.05) is 23.7 Å². The van der Waals surface area contributed by atoms with Crippen LogP contribution >= 0.6 is 24.0 Å². The van der Waals surface area contributed by atoms with E-state index in [9.17, 15) is 10.3 Å². The molecule has 0 aliphatic carbocycles. The van der Waals surface area contributed by atoms with E-state index < -0.39 is 17.4 Å². The largest absolute Gasteiger partial charge is 0.361 e. The quantitative estimate of drug-likeness (QED) is 0.837. The molecule has 0 spiro atoms. The molecule has 4 nitrogen and oxygen atoms in total. The van der Waals surface area contributed by atoms with Crippen LogP contribution < -0.4 is 0 Å². The molecule has 0 amide bonds. The average molecular weight is 308 g/mol. The smallest absolute Gasteiger partial charge is 0.210 e. The Morgan fingerprint density at radius 1 is 1.42 bits per heavy atom. The number of rotatable bonds is 1. The number of hydroxylamine groups is 2. The zero-order chi connectivity index (χ0) is 13.6. The van der Waals surface area contributed by atoms with Gasteiger partial charge in [0.15, 0.2) is 0 Å². The molecule has 1 heterocycles. The van der Waals surface area contributed by atoms with Crippen molar-refractivity contribution in [3.63, 3.8) is 0 Å². The number of halogens is 2. The summed E-state index contributed by atoms with van der Waals surface area (Å²) in [6, 6.07) is 6.24. The fraction of sp³-hybridized carbons (Fsp3) is 0.538. The molecule has 0 unspecified atom stereocenters. The summed E-state index contributed by atoms with van der Waals surface area (Å²) < 4.78 is 5.60. The summed E-state index contributed by atoms with van der Waals surface area (Å²) in [5, 5.41) is 22.4. The SMILES string of the molecule is C[C@@H]1N(O)C(C)(C)CO[C@@]1(O)c1cccc(Cl)c1.Cl. The number of hydrogen-bond donors (Lipinski definition) is 2. The Bertz CT molecular complexity index is 455. The lowest BCUT2D eigenvalue weighted by molar-refractivity contribution is -0.363. The predicted octanol–water partition coefficient (Wildman–Crippen LogP) is 2.80. The molecule has 0 radical (unpaired) electrons. The van der Waals surface area contributed by atoms with Gasteiger partial charge in [-0.15, -0.1) is 12.4 Å². The standard InChI is InChI=1S/C13H18ClNO3.ClH/c1-9-13(16,10-5-4-6-11(14)7-10)18-8-12(2,3)15(9)17;/h4-7,9,16-17H,8H2,1-3H3;1H/t9-,13+;/m0./s1. The van der Waals surface area contributed by atoms with Crippen molar-refractivity contribution in [1.29, 1.82) is 0 Å². The van der Waals surface area contributed by atoms with Gasteiger partial charge in [0.2, 0.25) is 5.79 Å². The van der Waals surface area contributed by atoms with Gasteiger partial charge in [-0.05, 0) is 32.9 Å². The summed E-state index contributed by atoms with van der Waals surface area (Å²) in [7, 11) is 0. The lowest BCUT2D eigenvalue weighted by Gasteiger charge is -2.50. The summed E-state index contributed by atoms with van der Waals surface area (Å²) in [5.74, 6) is -1.56. The Morgan fingerprint density at radius 3 is 2.63 bits per heavy atom. The molecule has 1 fully saturated rings. The van der Waals surface area contributed by atoms with Crippen molar-refractivity contribution in [2.45, 2.75) is 38.1 Å². The van der Waals surface area contributed by atoms with Gasteiger partial charge < -0.3 is 15.1 Å². The maximum atomic E-state index is 10.7. The third-order valence-electron chi connectivity index (χ3n) is 3.44. The number of hydrogen-bond acceptors (Lipinski definition) is 4. The second-order valence-electron chi connectivity index (χ2n) is 5.33. The first-order chi connectivity index (χ1) is 8.27. The third-order valence-corrected chi connectivity index (χ3v) is 3.67. The van der Waals surface area contributed by atoms with Crippen molar-refractivity contribution in [2.75, 3.05) is 6.61 Å². The molecule has 0 bridgehead atoms. The summed E-state index contributed by atoms with van der Waals surface area (Å²) in [6.07, 6.45) is 0. The first-order valence-electron chi connectivity index (χ1n) is 5.88. The second kappa shape index (κ2) is 5.56. The molecule has 19 heavy (non-hydrogen) atoms. The summed E-state index contributed by atoms with van der Waals surface area (Å²) in [6.45, 7) is 5.63. The van der Waals surface area contributed by atoms with E-state index in [-0.39, 0.29) is 19.0 Å². The van der Waals surface area contributed by atoms with Crippen LogP contribution in [0.3, 0.4) is 0 Å². The highest BCUT2D eigenvalue weighted by Crippen LogP contribution is 2.38. The highest BCUT2D eigenvalue weighted by atomic mass is 35.5. The molecule has 1 aliphatic rings. The predicted molar refractivity (Wildman–Crippen MR) is 75.7 cm³/mol. The van der Waals surface area contributed by atoms with Gasteiger partial charge in [0, 0.05) is 10.6 Å². The minimum Gasteiger partial charge on any atom is -0.361 e. The fourth-order valence-corrected chi connectivity index (χ4v) is 2.39. The first kappa shape index (κ1) is 16.7. The van der Waals surface area contributed by atoms with Crippen molar-refractivity contribution in [1.82, 2.24) is 5.06 Å². The van der Waals surface area contributed by atoms with Gasteiger partial charge in [-0.2, -0.15) is 5.06 Å². The van der Waals surface area contributed by atoms with Crippen molar-refractivity contribution in [3.8, 4) is 0 Å². The molecule has 2 rings (SSSR count). The van der Waals surface area contributed by atoms with E-state index in [1.165, 1.54) is 0 Å². The van der Waals surface area contributed by atoms with E-state index in [1.54, 1.807) is 31.2 Å². The Hall–Kier alpha value is -0.360. The third kappa shape index (κ3) is 2.89. The maximum Gasteiger partial charge on any atom is 0.210 e. The molecule has 1 saturated heterocycles. The monoisotopic (exact) mass is 307 g/mol. The average Bonchev–Trinajstić information content (AvgIpc) is 2.32. The molecule has 108 valence electrons.